The van der Waals surface area contributed by atoms with Crippen LogP contribution >= 0.6 is 0 Å². The van der Waals surface area contributed by atoms with E-state index in [1.54, 1.807) is 30.3 Å². The number of carbonyl (C=O) groups is 2. The van der Waals surface area contributed by atoms with Crippen LogP contribution in [0.5, 0.6) is 5.75 Å². The largest absolute Gasteiger partial charge is 0.486 e. The number of hydrogen-bond donors (Lipinski definition) is 2. The van der Waals surface area contributed by atoms with Gasteiger partial charge in [0, 0.05) is 24.2 Å². The van der Waals surface area contributed by atoms with Crippen molar-refractivity contribution in [2.75, 3.05) is 11.9 Å². The molecule has 2 amide bonds. The van der Waals surface area contributed by atoms with Crippen LogP contribution in [0, 0.1) is 11.8 Å². The van der Waals surface area contributed by atoms with Gasteiger partial charge >= 0.3 is 0 Å². The number of amides is 2. The molecule has 0 aliphatic heterocycles. The Bertz CT molecular complexity index is 735. The van der Waals surface area contributed by atoms with Crippen LogP contribution in [0.25, 0.3) is 0 Å². The van der Waals surface area contributed by atoms with Crippen LogP contribution in [0.2, 0.25) is 0 Å². The van der Waals surface area contributed by atoms with Crippen LogP contribution in [0.4, 0.5) is 5.69 Å². The number of nitrogens with zero attached hydrogens (tertiary/aromatic N) is 1. The van der Waals surface area contributed by atoms with Gasteiger partial charge in [-0.1, -0.05) is 32.9 Å². The first-order valence-corrected chi connectivity index (χ1v) is 8.62. The summed E-state index contributed by atoms with van der Waals surface area (Å²) in [5.74, 6) is 1.06. The number of carbonyl (C=O) groups excluding carboxylic acids is 2. The van der Waals surface area contributed by atoms with Crippen molar-refractivity contribution in [2.24, 2.45) is 11.8 Å². The number of hydrogen-bond acceptors (Lipinski definition) is 5. The van der Waals surface area contributed by atoms with Gasteiger partial charge in [-0.2, -0.15) is 0 Å². The van der Waals surface area contributed by atoms with Crippen LogP contribution in [0.1, 0.15) is 43.9 Å². The monoisotopic (exact) mass is 359 g/mol. The van der Waals surface area contributed by atoms with Crippen molar-refractivity contribution in [1.82, 2.24) is 10.5 Å². The van der Waals surface area contributed by atoms with Crippen LogP contribution in [0.15, 0.2) is 34.9 Å². The Morgan fingerprint density at radius 3 is 2.46 bits per heavy atom. The summed E-state index contributed by atoms with van der Waals surface area (Å²) < 4.78 is 10.7. The number of aromatic nitrogens is 1. The van der Waals surface area contributed by atoms with E-state index in [1.807, 2.05) is 27.7 Å². The molecule has 2 aromatic rings. The minimum Gasteiger partial charge on any atom is -0.486 e. The Morgan fingerprint density at radius 1 is 1.15 bits per heavy atom. The highest BCUT2D eigenvalue weighted by atomic mass is 16.5. The summed E-state index contributed by atoms with van der Waals surface area (Å²) in [6.45, 7) is 8.44. The Balaban J connectivity index is 1.85. The van der Waals surface area contributed by atoms with Gasteiger partial charge < -0.3 is 19.9 Å². The summed E-state index contributed by atoms with van der Waals surface area (Å²) in [6, 6.07) is 8.60. The number of anilines is 1. The number of benzene rings is 1. The number of ether oxygens (including phenoxy) is 1. The molecule has 1 aromatic heterocycles. The first kappa shape index (κ1) is 19.5. The maximum Gasteiger partial charge on any atom is 0.273 e. The van der Waals surface area contributed by atoms with Crippen LogP contribution in [0.3, 0.4) is 0 Å². The van der Waals surface area contributed by atoms with Crippen molar-refractivity contribution >= 4 is 17.5 Å². The molecule has 0 fully saturated rings. The first-order valence-electron chi connectivity index (χ1n) is 8.62. The lowest BCUT2D eigenvalue weighted by atomic mass is 10.2. The lowest BCUT2D eigenvalue weighted by Crippen LogP contribution is -2.27. The van der Waals surface area contributed by atoms with E-state index in [0.717, 1.165) is 0 Å². The maximum atomic E-state index is 11.9. The summed E-state index contributed by atoms with van der Waals surface area (Å²) in [7, 11) is 0. The molecule has 140 valence electrons. The molecule has 0 radical (unpaired) electrons. The molecule has 26 heavy (non-hydrogen) atoms. The summed E-state index contributed by atoms with van der Waals surface area (Å²) in [5, 5.41) is 9.34. The molecule has 7 heteroatoms. The smallest absolute Gasteiger partial charge is 0.273 e. The molecule has 2 rings (SSSR count). The van der Waals surface area contributed by atoms with Gasteiger partial charge in [0.25, 0.3) is 5.91 Å². The van der Waals surface area contributed by atoms with Crippen molar-refractivity contribution < 1.29 is 18.8 Å². The molecule has 0 atom stereocenters. The fraction of sp³-hybridized carbons (Fsp3) is 0.421. The standard InChI is InChI=1S/C19H25N3O4/c1-12(2)10-20-19(24)17-9-16(26-22-17)11-25-15-7-5-14(6-8-15)21-18(23)13(3)4/h5-9,12-13H,10-11H2,1-4H3,(H,20,24)(H,21,23). The molecule has 0 aliphatic carbocycles. The van der Waals surface area contributed by atoms with Crippen LogP contribution in [-0.2, 0) is 11.4 Å². The van der Waals surface area contributed by atoms with Crippen LogP contribution in [-0.4, -0.2) is 23.5 Å². The molecule has 7 nitrogen and oxygen atoms in total. The van der Waals surface area contributed by atoms with Crippen molar-refractivity contribution in [3.05, 3.63) is 41.8 Å². The second-order valence-corrected chi connectivity index (χ2v) is 6.74. The van der Waals surface area contributed by atoms with Gasteiger partial charge in [-0.15, -0.1) is 0 Å². The molecule has 0 saturated carbocycles. The summed E-state index contributed by atoms with van der Waals surface area (Å²) in [5.41, 5.74) is 0.941. The molecule has 1 heterocycles. The third-order valence-electron chi connectivity index (χ3n) is 3.49. The molecular weight excluding hydrogens is 334 g/mol. The zero-order valence-corrected chi connectivity index (χ0v) is 15.5. The van der Waals surface area contributed by atoms with E-state index in [2.05, 4.69) is 15.8 Å². The molecule has 0 bridgehead atoms. The minimum absolute atomic E-state index is 0.0383. The number of rotatable bonds is 8. The predicted octanol–water partition coefficient (Wildman–Crippen LogP) is 3.23. The fourth-order valence-electron chi connectivity index (χ4n) is 1.95. The highest BCUT2D eigenvalue weighted by molar-refractivity contribution is 5.92. The lowest BCUT2D eigenvalue weighted by Gasteiger charge is -2.08. The molecule has 0 spiro atoms. The van der Waals surface area contributed by atoms with E-state index in [0.29, 0.717) is 29.7 Å². The average molecular weight is 359 g/mol. The lowest BCUT2D eigenvalue weighted by molar-refractivity contribution is -0.118. The normalized spacial score (nSPS) is 10.8. The zero-order chi connectivity index (χ0) is 19.1. The van der Waals surface area contributed by atoms with Crippen molar-refractivity contribution in [1.29, 1.82) is 0 Å². The molecule has 0 saturated heterocycles. The number of nitrogens with one attached hydrogen (secondary N) is 2. The van der Waals surface area contributed by atoms with E-state index in [1.165, 1.54) is 0 Å². The molecular formula is C19H25N3O4. The summed E-state index contributed by atoms with van der Waals surface area (Å²) in [6.07, 6.45) is 0. The van der Waals surface area contributed by atoms with Crippen molar-refractivity contribution in [2.45, 2.75) is 34.3 Å². The Hall–Kier alpha value is -2.83. The second kappa shape index (κ2) is 9.03. The Kier molecular flexibility index (Phi) is 6.77. The van der Waals surface area contributed by atoms with Crippen molar-refractivity contribution in [3.8, 4) is 5.75 Å². The fourth-order valence-corrected chi connectivity index (χ4v) is 1.95. The Labute approximate surface area is 153 Å². The quantitative estimate of drug-likeness (QED) is 0.755. The van der Waals surface area contributed by atoms with Gasteiger partial charge in [-0.25, -0.2) is 0 Å². The SMILES string of the molecule is CC(C)CNC(=O)c1cc(COc2ccc(NC(=O)C(C)C)cc2)on1. The minimum atomic E-state index is -0.265. The maximum absolute atomic E-state index is 11.9. The van der Waals surface area contributed by atoms with E-state index in [-0.39, 0.29) is 30.0 Å². The van der Waals surface area contributed by atoms with E-state index in [4.69, 9.17) is 9.26 Å². The third kappa shape index (κ3) is 5.91. The topological polar surface area (TPSA) is 93.5 Å². The molecule has 1 aromatic carbocycles. The van der Waals surface area contributed by atoms with E-state index < -0.39 is 0 Å². The van der Waals surface area contributed by atoms with Gasteiger partial charge in [0.15, 0.2) is 11.5 Å². The van der Waals surface area contributed by atoms with E-state index >= 15 is 0 Å². The molecule has 0 aliphatic rings. The zero-order valence-electron chi connectivity index (χ0n) is 15.5. The first-order chi connectivity index (χ1) is 12.3. The highest BCUT2D eigenvalue weighted by Crippen LogP contribution is 2.18. The summed E-state index contributed by atoms with van der Waals surface area (Å²) in [4.78, 5) is 23.6. The van der Waals surface area contributed by atoms with Crippen LogP contribution < -0.4 is 15.4 Å². The van der Waals surface area contributed by atoms with Gasteiger partial charge in [-0.05, 0) is 30.2 Å². The molecule has 0 unspecified atom stereocenters. The Morgan fingerprint density at radius 2 is 1.85 bits per heavy atom. The van der Waals surface area contributed by atoms with Gasteiger partial charge in [0.05, 0.1) is 0 Å². The predicted molar refractivity (Wildman–Crippen MR) is 97.9 cm³/mol. The van der Waals surface area contributed by atoms with E-state index in [9.17, 15) is 9.59 Å². The van der Waals surface area contributed by atoms with Gasteiger partial charge in [-0.3, -0.25) is 9.59 Å². The molecule has 2 N–H and O–H groups in total. The van der Waals surface area contributed by atoms with Gasteiger partial charge in [0.1, 0.15) is 12.4 Å². The highest BCUT2D eigenvalue weighted by Gasteiger charge is 2.13. The average Bonchev–Trinajstić information content (AvgIpc) is 3.08. The third-order valence-corrected chi connectivity index (χ3v) is 3.49. The van der Waals surface area contributed by atoms with Gasteiger partial charge in [0.2, 0.25) is 5.91 Å². The van der Waals surface area contributed by atoms with Crippen molar-refractivity contribution in [3.63, 3.8) is 0 Å². The summed E-state index contributed by atoms with van der Waals surface area (Å²) >= 11 is 0. The second-order valence-electron chi connectivity index (χ2n) is 6.74.